The van der Waals surface area contributed by atoms with Gasteiger partial charge >= 0.3 is 0 Å². The number of hydrogen-bond acceptors (Lipinski definition) is 2. The molecule has 1 aliphatic carbocycles. The maximum absolute atomic E-state index is 6.06. The van der Waals surface area contributed by atoms with Crippen LogP contribution in [0, 0.1) is 5.92 Å². The zero-order chi connectivity index (χ0) is 14.7. The Kier molecular flexibility index (Phi) is 5.48. The average molecular weight is 295 g/mol. The molecule has 1 aliphatic rings. The monoisotopic (exact) mass is 294 g/mol. The molecule has 0 saturated heterocycles. The van der Waals surface area contributed by atoms with Gasteiger partial charge < -0.3 is 10.2 Å². The van der Waals surface area contributed by atoms with Crippen molar-refractivity contribution in [3.8, 4) is 0 Å². The molecule has 0 radical (unpaired) electrons. The van der Waals surface area contributed by atoms with Crippen molar-refractivity contribution in [1.82, 2.24) is 10.2 Å². The van der Waals surface area contributed by atoms with Gasteiger partial charge in [-0.2, -0.15) is 0 Å². The van der Waals surface area contributed by atoms with Crippen molar-refractivity contribution in [2.45, 2.75) is 44.7 Å². The lowest BCUT2D eigenvalue weighted by Crippen LogP contribution is -2.48. The van der Waals surface area contributed by atoms with E-state index >= 15 is 0 Å². The van der Waals surface area contributed by atoms with Crippen molar-refractivity contribution in [3.05, 3.63) is 34.9 Å². The van der Waals surface area contributed by atoms with E-state index in [9.17, 15) is 0 Å². The molecule has 1 aromatic carbocycles. The number of halogens is 1. The van der Waals surface area contributed by atoms with Crippen molar-refractivity contribution < 1.29 is 0 Å². The van der Waals surface area contributed by atoms with Crippen LogP contribution in [-0.2, 0) is 0 Å². The summed E-state index contributed by atoms with van der Waals surface area (Å²) >= 11 is 6.06. The third-order valence-electron chi connectivity index (χ3n) is 4.51. The summed E-state index contributed by atoms with van der Waals surface area (Å²) in [6.45, 7) is 5.67. The average Bonchev–Trinajstić information content (AvgIpc) is 2.30. The topological polar surface area (TPSA) is 15.3 Å². The van der Waals surface area contributed by atoms with Crippen molar-refractivity contribution in [2.24, 2.45) is 5.92 Å². The molecule has 0 spiro atoms. The van der Waals surface area contributed by atoms with Crippen LogP contribution >= 0.6 is 11.6 Å². The van der Waals surface area contributed by atoms with Crippen molar-refractivity contribution in [1.29, 1.82) is 0 Å². The first-order chi connectivity index (χ1) is 9.47. The van der Waals surface area contributed by atoms with Crippen LogP contribution in [-0.4, -0.2) is 37.6 Å². The summed E-state index contributed by atoms with van der Waals surface area (Å²) in [6, 6.07) is 9.59. The first kappa shape index (κ1) is 15.8. The molecule has 3 heteroatoms. The van der Waals surface area contributed by atoms with E-state index < -0.39 is 0 Å². The SMILES string of the molecule is CC(C)C(CNC1CC(c2cccc(Cl)c2)C1)N(C)C. The van der Waals surface area contributed by atoms with Gasteiger partial charge in [-0.25, -0.2) is 0 Å². The van der Waals surface area contributed by atoms with Gasteiger partial charge in [0.25, 0.3) is 0 Å². The molecule has 1 atom stereocenters. The molecule has 0 aromatic heterocycles. The van der Waals surface area contributed by atoms with Crippen LogP contribution in [0.3, 0.4) is 0 Å². The number of rotatable bonds is 6. The first-order valence-corrected chi connectivity index (χ1v) is 8.00. The van der Waals surface area contributed by atoms with Gasteiger partial charge in [0, 0.05) is 23.7 Å². The van der Waals surface area contributed by atoms with E-state index in [1.165, 1.54) is 18.4 Å². The van der Waals surface area contributed by atoms with Crippen LogP contribution in [0.25, 0.3) is 0 Å². The Morgan fingerprint density at radius 1 is 1.30 bits per heavy atom. The highest BCUT2D eigenvalue weighted by molar-refractivity contribution is 6.30. The number of likely N-dealkylation sites (N-methyl/N-ethyl adjacent to an activating group) is 1. The molecule has 1 fully saturated rings. The number of benzene rings is 1. The standard InChI is InChI=1S/C17H27ClN2/c1-12(2)17(20(3)4)11-19-16-9-14(10-16)13-6-5-7-15(18)8-13/h5-8,12,14,16-17,19H,9-11H2,1-4H3. The highest BCUT2D eigenvalue weighted by Crippen LogP contribution is 2.37. The van der Waals surface area contributed by atoms with E-state index in [1.54, 1.807) is 0 Å². The van der Waals surface area contributed by atoms with E-state index in [-0.39, 0.29) is 0 Å². The molecule has 2 rings (SSSR count). The van der Waals surface area contributed by atoms with Gasteiger partial charge in [0.05, 0.1) is 0 Å². The van der Waals surface area contributed by atoms with Crippen LogP contribution in [0.5, 0.6) is 0 Å². The Bertz CT molecular complexity index is 417. The highest BCUT2D eigenvalue weighted by atomic mass is 35.5. The van der Waals surface area contributed by atoms with Crippen LogP contribution in [0.4, 0.5) is 0 Å². The molecule has 0 aliphatic heterocycles. The predicted molar refractivity (Wildman–Crippen MR) is 87.5 cm³/mol. The summed E-state index contributed by atoms with van der Waals surface area (Å²) in [6.07, 6.45) is 2.47. The quantitative estimate of drug-likeness (QED) is 0.859. The third kappa shape index (κ3) is 3.97. The smallest absolute Gasteiger partial charge is 0.0408 e. The van der Waals surface area contributed by atoms with Gasteiger partial charge in [-0.15, -0.1) is 0 Å². The summed E-state index contributed by atoms with van der Waals surface area (Å²) in [5.41, 5.74) is 1.39. The van der Waals surface area contributed by atoms with Gasteiger partial charge in [-0.05, 0) is 56.5 Å². The minimum Gasteiger partial charge on any atom is -0.312 e. The van der Waals surface area contributed by atoms with E-state index in [0.717, 1.165) is 11.6 Å². The Balaban J connectivity index is 1.77. The second kappa shape index (κ2) is 6.93. The summed E-state index contributed by atoms with van der Waals surface area (Å²) in [7, 11) is 4.34. The highest BCUT2D eigenvalue weighted by Gasteiger charge is 2.30. The molecule has 112 valence electrons. The maximum Gasteiger partial charge on any atom is 0.0408 e. The molecule has 1 unspecified atom stereocenters. The van der Waals surface area contributed by atoms with E-state index in [0.29, 0.717) is 23.9 Å². The summed E-state index contributed by atoms with van der Waals surface area (Å²) in [4.78, 5) is 2.32. The molecule has 0 heterocycles. The predicted octanol–water partition coefficient (Wildman–Crippen LogP) is 3.76. The van der Waals surface area contributed by atoms with Crippen LogP contribution in [0.15, 0.2) is 24.3 Å². The molecule has 1 saturated carbocycles. The maximum atomic E-state index is 6.06. The van der Waals surface area contributed by atoms with Gasteiger partial charge in [-0.3, -0.25) is 0 Å². The number of nitrogens with one attached hydrogen (secondary N) is 1. The van der Waals surface area contributed by atoms with Crippen molar-refractivity contribution >= 4 is 11.6 Å². The Morgan fingerprint density at radius 3 is 2.55 bits per heavy atom. The summed E-state index contributed by atoms with van der Waals surface area (Å²) in [5.74, 6) is 1.37. The first-order valence-electron chi connectivity index (χ1n) is 7.62. The molecule has 20 heavy (non-hydrogen) atoms. The number of nitrogens with zero attached hydrogens (tertiary/aromatic N) is 1. The lowest BCUT2D eigenvalue weighted by molar-refractivity contribution is 0.198. The van der Waals surface area contributed by atoms with E-state index in [1.807, 2.05) is 6.07 Å². The van der Waals surface area contributed by atoms with Gasteiger partial charge in [0.15, 0.2) is 0 Å². The molecule has 1 N–H and O–H groups in total. The van der Waals surface area contributed by atoms with Crippen LogP contribution in [0.2, 0.25) is 5.02 Å². The molecule has 0 bridgehead atoms. The molecular weight excluding hydrogens is 268 g/mol. The molecule has 1 aromatic rings. The summed E-state index contributed by atoms with van der Waals surface area (Å²) in [5, 5.41) is 4.57. The van der Waals surface area contributed by atoms with Crippen molar-refractivity contribution in [3.63, 3.8) is 0 Å². The van der Waals surface area contributed by atoms with Crippen LogP contribution < -0.4 is 5.32 Å². The zero-order valence-electron chi connectivity index (χ0n) is 13.1. The molecule has 2 nitrogen and oxygen atoms in total. The fourth-order valence-electron chi connectivity index (χ4n) is 3.12. The third-order valence-corrected chi connectivity index (χ3v) is 4.74. The molecular formula is C17H27ClN2. The molecule has 0 amide bonds. The second-order valence-corrected chi connectivity index (χ2v) is 7.04. The lowest BCUT2D eigenvalue weighted by atomic mass is 9.76. The van der Waals surface area contributed by atoms with E-state index in [4.69, 9.17) is 11.6 Å². The fraction of sp³-hybridized carbons (Fsp3) is 0.647. The number of hydrogen-bond donors (Lipinski definition) is 1. The Labute approximate surface area is 128 Å². The second-order valence-electron chi connectivity index (χ2n) is 6.60. The summed E-state index contributed by atoms with van der Waals surface area (Å²) < 4.78 is 0. The zero-order valence-corrected chi connectivity index (χ0v) is 13.8. The normalized spacial score (nSPS) is 23.9. The van der Waals surface area contributed by atoms with Gasteiger partial charge in [0.1, 0.15) is 0 Å². The fourth-order valence-corrected chi connectivity index (χ4v) is 3.32. The van der Waals surface area contributed by atoms with E-state index in [2.05, 4.69) is 56.4 Å². The minimum atomic E-state index is 0.611. The van der Waals surface area contributed by atoms with Gasteiger partial charge in [0.2, 0.25) is 0 Å². The van der Waals surface area contributed by atoms with Crippen molar-refractivity contribution in [2.75, 3.05) is 20.6 Å². The Hall–Kier alpha value is -0.570. The van der Waals surface area contributed by atoms with Gasteiger partial charge in [-0.1, -0.05) is 37.6 Å². The largest absolute Gasteiger partial charge is 0.312 e. The Morgan fingerprint density at radius 2 is 2.00 bits per heavy atom. The lowest BCUT2D eigenvalue weighted by Gasteiger charge is -2.38. The minimum absolute atomic E-state index is 0.611. The van der Waals surface area contributed by atoms with Crippen LogP contribution in [0.1, 0.15) is 38.2 Å².